The Hall–Kier alpha value is -1.88. The predicted molar refractivity (Wildman–Crippen MR) is 84.6 cm³/mol. The number of fused-ring (bicyclic) bond motifs is 1. The van der Waals surface area contributed by atoms with Crippen LogP contribution in [0.25, 0.3) is 0 Å². The lowest BCUT2D eigenvalue weighted by Gasteiger charge is -2.16. The monoisotopic (exact) mass is 301 g/mol. The van der Waals surface area contributed by atoms with Crippen molar-refractivity contribution in [3.8, 4) is 0 Å². The van der Waals surface area contributed by atoms with Gasteiger partial charge in [-0.1, -0.05) is 24.3 Å². The van der Waals surface area contributed by atoms with Crippen molar-refractivity contribution in [2.24, 2.45) is 0 Å². The van der Waals surface area contributed by atoms with Gasteiger partial charge in [0.05, 0.1) is 6.04 Å². The highest BCUT2D eigenvalue weighted by molar-refractivity contribution is 7.11. The topological polar surface area (TPSA) is 54.0 Å². The third-order valence-corrected chi connectivity index (χ3v) is 4.84. The van der Waals surface area contributed by atoms with Crippen LogP contribution in [-0.2, 0) is 12.8 Å². The molecule has 0 bridgehead atoms. The van der Waals surface area contributed by atoms with Gasteiger partial charge in [-0.25, -0.2) is 9.78 Å². The first-order valence-electron chi connectivity index (χ1n) is 7.18. The van der Waals surface area contributed by atoms with E-state index in [0.717, 1.165) is 22.7 Å². The van der Waals surface area contributed by atoms with E-state index in [4.69, 9.17) is 0 Å². The van der Waals surface area contributed by atoms with Gasteiger partial charge in [0.2, 0.25) is 0 Å². The summed E-state index contributed by atoms with van der Waals surface area (Å²) in [4.78, 5) is 17.6. The quantitative estimate of drug-likeness (QED) is 0.915. The van der Waals surface area contributed by atoms with Gasteiger partial charge in [-0.05, 0) is 37.8 Å². The highest BCUT2D eigenvalue weighted by atomic mass is 32.1. The van der Waals surface area contributed by atoms with Crippen molar-refractivity contribution in [1.29, 1.82) is 0 Å². The van der Waals surface area contributed by atoms with Gasteiger partial charge in [-0.3, -0.25) is 0 Å². The molecule has 2 amide bonds. The predicted octanol–water partition coefficient (Wildman–Crippen LogP) is 2.98. The van der Waals surface area contributed by atoms with E-state index in [1.807, 2.05) is 32.2 Å². The highest BCUT2D eigenvalue weighted by Gasteiger charge is 2.23. The maximum atomic E-state index is 12.1. The molecule has 1 unspecified atom stereocenters. The minimum Gasteiger partial charge on any atom is -0.335 e. The summed E-state index contributed by atoms with van der Waals surface area (Å²) >= 11 is 1.62. The molecule has 1 atom stereocenters. The Morgan fingerprint density at radius 2 is 2.00 bits per heavy atom. The summed E-state index contributed by atoms with van der Waals surface area (Å²) in [5.74, 6) is 0. The smallest absolute Gasteiger partial charge is 0.315 e. The molecule has 3 rings (SSSR count). The summed E-state index contributed by atoms with van der Waals surface area (Å²) in [6.07, 6.45) is 3.66. The summed E-state index contributed by atoms with van der Waals surface area (Å²) in [6.45, 7) is 3.98. The van der Waals surface area contributed by atoms with Crippen LogP contribution in [0.2, 0.25) is 0 Å². The average molecular weight is 301 g/mol. The van der Waals surface area contributed by atoms with Crippen molar-refractivity contribution in [3.63, 3.8) is 0 Å². The Bertz CT molecular complexity index is 627. The molecule has 1 aliphatic rings. The van der Waals surface area contributed by atoms with Crippen molar-refractivity contribution in [2.75, 3.05) is 0 Å². The third-order valence-electron chi connectivity index (χ3n) is 3.74. The number of benzene rings is 1. The SMILES string of the molecule is Cc1cnc(C(C)NC(=O)NC2Cc3ccccc3C2)s1. The third kappa shape index (κ3) is 3.24. The van der Waals surface area contributed by atoms with E-state index >= 15 is 0 Å². The van der Waals surface area contributed by atoms with E-state index in [0.29, 0.717) is 0 Å². The maximum absolute atomic E-state index is 12.1. The first kappa shape index (κ1) is 14.1. The second kappa shape index (κ2) is 5.85. The number of aryl methyl sites for hydroxylation is 1. The Kier molecular flexibility index (Phi) is 3.92. The molecule has 2 aromatic rings. The van der Waals surface area contributed by atoms with Crippen molar-refractivity contribution >= 4 is 17.4 Å². The van der Waals surface area contributed by atoms with E-state index in [1.165, 1.54) is 11.1 Å². The van der Waals surface area contributed by atoms with E-state index < -0.39 is 0 Å². The Morgan fingerprint density at radius 1 is 1.33 bits per heavy atom. The molecule has 0 radical (unpaired) electrons. The number of urea groups is 1. The fraction of sp³-hybridized carbons (Fsp3) is 0.375. The van der Waals surface area contributed by atoms with E-state index in [2.05, 4.69) is 27.8 Å². The molecule has 21 heavy (non-hydrogen) atoms. The van der Waals surface area contributed by atoms with Crippen LogP contribution in [0, 0.1) is 6.92 Å². The summed E-state index contributed by atoms with van der Waals surface area (Å²) < 4.78 is 0. The van der Waals surface area contributed by atoms with E-state index in [-0.39, 0.29) is 18.1 Å². The summed E-state index contributed by atoms with van der Waals surface area (Å²) in [5.41, 5.74) is 2.68. The molecule has 2 N–H and O–H groups in total. The maximum Gasteiger partial charge on any atom is 0.315 e. The highest BCUT2D eigenvalue weighted by Crippen LogP contribution is 2.22. The zero-order valence-electron chi connectivity index (χ0n) is 12.2. The molecule has 5 heteroatoms. The lowest BCUT2D eigenvalue weighted by molar-refractivity contribution is 0.234. The molecule has 0 fully saturated rings. The lowest BCUT2D eigenvalue weighted by atomic mass is 10.1. The molecule has 1 aromatic carbocycles. The lowest BCUT2D eigenvalue weighted by Crippen LogP contribution is -2.43. The number of nitrogens with one attached hydrogen (secondary N) is 2. The van der Waals surface area contributed by atoms with Gasteiger partial charge >= 0.3 is 6.03 Å². The Morgan fingerprint density at radius 3 is 2.57 bits per heavy atom. The van der Waals surface area contributed by atoms with Gasteiger partial charge in [0.15, 0.2) is 0 Å². The largest absolute Gasteiger partial charge is 0.335 e. The molecule has 0 saturated carbocycles. The molecular weight excluding hydrogens is 282 g/mol. The van der Waals surface area contributed by atoms with Crippen molar-refractivity contribution in [1.82, 2.24) is 15.6 Å². The summed E-state index contributed by atoms with van der Waals surface area (Å²) in [6, 6.07) is 8.38. The Labute approximate surface area is 128 Å². The molecular formula is C16H19N3OS. The number of carbonyl (C=O) groups excluding carboxylic acids is 1. The molecule has 4 nitrogen and oxygen atoms in total. The van der Waals surface area contributed by atoms with Crippen LogP contribution in [0.1, 0.15) is 34.0 Å². The fourth-order valence-electron chi connectivity index (χ4n) is 2.72. The van der Waals surface area contributed by atoms with Crippen LogP contribution in [0.4, 0.5) is 4.79 Å². The second-order valence-electron chi connectivity index (χ2n) is 5.52. The average Bonchev–Trinajstić information content (AvgIpc) is 3.03. The molecule has 1 aromatic heterocycles. The van der Waals surface area contributed by atoms with Crippen molar-refractivity contribution < 1.29 is 4.79 Å². The molecule has 110 valence electrons. The van der Waals surface area contributed by atoms with Gasteiger partial charge in [0, 0.05) is 17.1 Å². The van der Waals surface area contributed by atoms with E-state index in [9.17, 15) is 4.79 Å². The standard InChI is InChI=1S/C16H19N3OS/c1-10-9-17-15(21-10)11(2)18-16(20)19-14-7-12-5-3-4-6-13(12)8-14/h3-6,9,11,14H,7-8H2,1-2H3,(H2,18,19,20). The first-order valence-corrected chi connectivity index (χ1v) is 7.99. The molecule has 1 heterocycles. The summed E-state index contributed by atoms with van der Waals surface area (Å²) in [7, 11) is 0. The van der Waals surface area contributed by atoms with Crippen LogP contribution in [0.5, 0.6) is 0 Å². The van der Waals surface area contributed by atoms with Crippen LogP contribution < -0.4 is 10.6 Å². The number of rotatable bonds is 3. The minimum atomic E-state index is -0.117. The number of amides is 2. The summed E-state index contributed by atoms with van der Waals surface area (Å²) in [5, 5.41) is 6.96. The van der Waals surface area contributed by atoms with Gasteiger partial charge in [-0.2, -0.15) is 0 Å². The molecule has 0 spiro atoms. The van der Waals surface area contributed by atoms with Crippen molar-refractivity contribution in [3.05, 3.63) is 51.5 Å². The zero-order chi connectivity index (χ0) is 14.8. The number of thiazole rings is 1. The van der Waals surface area contributed by atoms with Crippen LogP contribution in [0.15, 0.2) is 30.5 Å². The van der Waals surface area contributed by atoms with Gasteiger partial charge < -0.3 is 10.6 Å². The molecule has 0 saturated heterocycles. The molecule has 1 aliphatic carbocycles. The van der Waals surface area contributed by atoms with Gasteiger partial charge in [0.25, 0.3) is 0 Å². The number of hydrogen-bond donors (Lipinski definition) is 2. The van der Waals surface area contributed by atoms with E-state index in [1.54, 1.807) is 11.3 Å². The number of hydrogen-bond acceptors (Lipinski definition) is 3. The zero-order valence-corrected chi connectivity index (χ0v) is 13.0. The number of carbonyl (C=O) groups is 1. The second-order valence-corrected chi connectivity index (χ2v) is 6.79. The van der Waals surface area contributed by atoms with Gasteiger partial charge in [-0.15, -0.1) is 11.3 Å². The Balaban J connectivity index is 1.54. The normalized spacial score (nSPS) is 15.5. The first-order chi connectivity index (χ1) is 10.1. The van der Waals surface area contributed by atoms with Gasteiger partial charge in [0.1, 0.15) is 5.01 Å². The number of nitrogens with zero attached hydrogens (tertiary/aromatic N) is 1. The van der Waals surface area contributed by atoms with Crippen LogP contribution in [-0.4, -0.2) is 17.1 Å². The van der Waals surface area contributed by atoms with Crippen molar-refractivity contribution in [2.45, 2.75) is 38.8 Å². The molecule has 0 aliphatic heterocycles. The minimum absolute atomic E-state index is 0.0625. The number of aromatic nitrogens is 1. The van der Waals surface area contributed by atoms with Crippen LogP contribution in [0.3, 0.4) is 0 Å². The van der Waals surface area contributed by atoms with Crippen LogP contribution >= 0.6 is 11.3 Å². The fourth-order valence-corrected chi connectivity index (χ4v) is 3.50.